The van der Waals surface area contributed by atoms with Gasteiger partial charge in [-0.1, -0.05) is 6.08 Å². The summed E-state index contributed by atoms with van der Waals surface area (Å²) in [5.41, 5.74) is 0. The Kier molecular flexibility index (Phi) is 1.51. The lowest BCUT2D eigenvalue weighted by Crippen LogP contribution is -1.91. The van der Waals surface area contributed by atoms with Crippen LogP contribution in [0.4, 0.5) is 0 Å². The quantitative estimate of drug-likeness (QED) is 0.480. The Morgan fingerprint density at radius 1 is 1.75 bits per heavy atom. The van der Waals surface area contributed by atoms with Gasteiger partial charge < -0.3 is 0 Å². The van der Waals surface area contributed by atoms with Crippen molar-refractivity contribution >= 4 is 6.34 Å². The third kappa shape index (κ3) is 0.992. The van der Waals surface area contributed by atoms with Gasteiger partial charge in [0.1, 0.15) is 6.34 Å². The molecule has 0 aromatic rings. The van der Waals surface area contributed by atoms with Crippen LogP contribution in [0.2, 0.25) is 0 Å². The molecule has 3 heteroatoms. The summed E-state index contributed by atoms with van der Waals surface area (Å²) in [6.07, 6.45) is 4.06. The smallest absolute Gasteiger partial charge is 0.166 e. The molecule has 0 saturated heterocycles. The molecule has 0 N–H and O–H groups in total. The van der Waals surface area contributed by atoms with Gasteiger partial charge in [0, 0.05) is 6.42 Å². The summed E-state index contributed by atoms with van der Waals surface area (Å²) in [6, 6.07) is 0. The second-order valence-electron chi connectivity index (χ2n) is 1.50. The molecule has 1 rings (SSSR count). The second kappa shape index (κ2) is 2.35. The minimum Gasteiger partial charge on any atom is -0.243 e. The summed E-state index contributed by atoms with van der Waals surface area (Å²) < 4.78 is 0. The molecule has 1 aliphatic rings. The van der Waals surface area contributed by atoms with Gasteiger partial charge in [0.2, 0.25) is 0 Å². The first-order chi connectivity index (χ1) is 3.93. The van der Waals surface area contributed by atoms with Crippen LogP contribution in [0.5, 0.6) is 0 Å². The van der Waals surface area contributed by atoms with E-state index < -0.39 is 0 Å². The van der Waals surface area contributed by atoms with E-state index in [4.69, 9.17) is 0 Å². The van der Waals surface area contributed by atoms with Crippen LogP contribution in [-0.4, -0.2) is 12.5 Å². The fraction of sp³-hybridized carbons (Fsp3) is 0.400. The summed E-state index contributed by atoms with van der Waals surface area (Å²) in [7, 11) is 0. The van der Waals surface area contributed by atoms with Crippen LogP contribution in [0.25, 0.3) is 0 Å². The lowest BCUT2D eigenvalue weighted by Gasteiger charge is -1.91. The van der Waals surface area contributed by atoms with Crippen molar-refractivity contribution < 1.29 is 0 Å². The lowest BCUT2D eigenvalue weighted by atomic mass is 10.4. The van der Waals surface area contributed by atoms with Gasteiger partial charge in [0.25, 0.3) is 0 Å². The van der Waals surface area contributed by atoms with Crippen molar-refractivity contribution in [3.8, 4) is 0 Å². The van der Waals surface area contributed by atoms with Gasteiger partial charge in [0.15, 0.2) is 6.17 Å². The molecule has 0 fully saturated rings. The van der Waals surface area contributed by atoms with Crippen molar-refractivity contribution in [1.29, 1.82) is 0 Å². The maximum atomic E-state index is 3.90. The number of hydrogen-bond donors (Lipinski definition) is 0. The molecule has 0 bridgehead atoms. The molecule has 1 heterocycles. The van der Waals surface area contributed by atoms with E-state index in [9.17, 15) is 0 Å². The highest BCUT2D eigenvalue weighted by Crippen LogP contribution is 2.04. The second-order valence-corrected chi connectivity index (χ2v) is 1.50. The van der Waals surface area contributed by atoms with Crippen molar-refractivity contribution in [3.63, 3.8) is 0 Å². The Bertz CT molecular complexity index is 125. The highest BCUT2D eigenvalue weighted by atomic mass is 15.3. The first-order valence-electron chi connectivity index (χ1n) is 2.46. The Morgan fingerprint density at radius 3 is 3.12 bits per heavy atom. The van der Waals surface area contributed by atoms with Crippen molar-refractivity contribution in [2.24, 2.45) is 15.2 Å². The van der Waals surface area contributed by atoms with E-state index in [1.807, 2.05) is 0 Å². The van der Waals surface area contributed by atoms with Crippen LogP contribution in [0.3, 0.4) is 0 Å². The molecule has 42 valence electrons. The van der Waals surface area contributed by atoms with E-state index in [1.165, 1.54) is 6.34 Å². The predicted molar refractivity (Wildman–Crippen MR) is 31.9 cm³/mol. The number of rotatable bonds is 2. The number of azo groups is 1. The van der Waals surface area contributed by atoms with Crippen LogP contribution in [0.1, 0.15) is 6.42 Å². The highest BCUT2D eigenvalue weighted by Gasteiger charge is 2.02. The molecule has 0 aromatic heterocycles. The molecular weight excluding hydrogens is 102 g/mol. The summed E-state index contributed by atoms with van der Waals surface area (Å²) in [4.78, 5) is 3.90. The molecule has 3 nitrogen and oxygen atoms in total. The molecule has 0 saturated carbocycles. The fourth-order valence-corrected chi connectivity index (χ4v) is 0.500. The zero-order valence-corrected chi connectivity index (χ0v) is 4.49. The minimum atomic E-state index is 0.0208. The van der Waals surface area contributed by atoms with Crippen LogP contribution in [0.15, 0.2) is 27.9 Å². The average molecular weight is 109 g/mol. The lowest BCUT2D eigenvalue weighted by molar-refractivity contribution is 0.721. The van der Waals surface area contributed by atoms with E-state index in [0.717, 1.165) is 6.42 Å². The summed E-state index contributed by atoms with van der Waals surface area (Å²) in [5.74, 6) is 0. The first-order valence-corrected chi connectivity index (χ1v) is 2.46. The van der Waals surface area contributed by atoms with Gasteiger partial charge >= 0.3 is 0 Å². The van der Waals surface area contributed by atoms with Gasteiger partial charge in [-0.25, -0.2) is 4.99 Å². The third-order valence-corrected chi connectivity index (χ3v) is 0.868. The summed E-state index contributed by atoms with van der Waals surface area (Å²) in [6.45, 7) is 3.55. The molecule has 8 heavy (non-hydrogen) atoms. The number of hydrogen-bond acceptors (Lipinski definition) is 3. The maximum Gasteiger partial charge on any atom is 0.166 e. The van der Waals surface area contributed by atoms with E-state index in [0.29, 0.717) is 0 Å². The molecule has 1 atom stereocenters. The van der Waals surface area contributed by atoms with Crippen molar-refractivity contribution in [2.45, 2.75) is 12.6 Å². The van der Waals surface area contributed by atoms with Gasteiger partial charge in [-0.05, 0) is 0 Å². The summed E-state index contributed by atoms with van der Waals surface area (Å²) in [5, 5.41) is 7.33. The molecule has 0 aromatic carbocycles. The van der Waals surface area contributed by atoms with Crippen molar-refractivity contribution in [1.82, 2.24) is 0 Å². The number of aliphatic imine (C=N–C) groups is 1. The van der Waals surface area contributed by atoms with E-state index >= 15 is 0 Å². The first kappa shape index (κ1) is 5.15. The van der Waals surface area contributed by atoms with E-state index in [1.54, 1.807) is 6.08 Å². The predicted octanol–water partition coefficient (Wildman–Crippen LogP) is 1.38. The van der Waals surface area contributed by atoms with Crippen LogP contribution >= 0.6 is 0 Å². The zero-order valence-electron chi connectivity index (χ0n) is 4.49. The third-order valence-electron chi connectivity index (χ3n) is 0.868. The number of nitrogens with zero attached hydrogens (tertiary/aromatic N) is 3. The van der Waals surface area contributed by atoms with Crippen LogP contribution in [0, 0.1) is 0 Å². The Morgan fingerprint density at radius 2 is 2.62 bits per heavy atom. The fourth-order valence-electron chi connectivity index (χ4n) is 0.500. The molecule has 1 aliphatic heterocycles. The molecular formula is C5H7N3. The van der Waals surface area contributed by atoms with Crippen molar-refractivity contribution in [2.75, 3.05) is 0 Å². The minimum absolute atomic E-state index is 0.0208. The largest absolute Gasteiger partial charge is 0.243 e. The standard InChI is InChI=1S/C5H7N3/c1-2-3-5-6-4-7-8-5/h2,4-5H,1,3H2. The Labute approximate surface area is 47.8 Å². The SMILES string of the molecule is C=CCC1N=CN=N1. The van der Waals surface area contributed by atoms with Gasteiger partial charge in [0.05, 0.1) is 0 Å². The normalized spacial score (nSPS) is 24.2. The van der Waals surface area contributed by atoms with Crippen LogP contribution < -0.4 is 0 Å². The van der Waals surface area contributed by atoms with Gasteiger partial charge in [-0.2, -0.15) is 5.11 Å². The topological polar surface area (TPSA) is 37.1 Å². The van der Waals surface area contributed by atoms with Gasteiger partial charge in [-0.3, -0.25) is 0 Å². The molecule has 0 amide bonds. The molecule has 0 aliphatic carbocycles. The molecule has 0 radical (unpaired) electrons. The molecule has 1 unspecified atom stereocenters. The monoisotopic (exact) mass is 109 g/mol. The molecule has 0 spiro atoms. The van der Waals surface area contributed by atoms with Crippen LogP contribution in [-0.2, 0) is 0 Å². The maximum absolute atomic E-state index is 3.90. The Hall–Kier alpha value is -0.990. The van der Waals surface area contributed by atoms with E-state index in [2.05, 4.69) is 21.8 Å². The van der Waals surface area contributed by atoms with Gasteiger partial charge in [-0.15, -0.1) is 11.7 Å². The highest BCUT2D eigenvalue weighted by molar-refractivity contribution is 5.56. The van der Waals surface area contributed by atoms with Crippen molar-refractivity contribution in [3.05, 3.63) is 12.7 Å². The Balaban J connectivity index is 2.37. The average Bonchev–Trinajstić information content (AvgIpc) is 2.19. The summed E-state index contributed by atoms with van der Waals surface area (Å²) >= 11 is 0. The zero-order chi connectivity index (χ0) is 5.82. The van der Waals surface area contributed by atoms with E-state index in [-0.39, 0.29) is 6.17 Å².